The van der Waals surface area contributed by atoms with Gasteiger partial charge in [-0.1, -0.05) is 31.1 Å². The van der Waals surface area contributed by atoms with Crippen molar-refractivity contribution in [1.82, 2.24) is 0 Å². The minimum absolute atomic E-state index is 0.612. The van der Waals surface area contributed by atoms with Crippen molar-refractivity contribution < 1.29 is 4.84 Å². The van der Waals surface area contributed by atoms with Gasteiger partial charge in [-0.25, -0.2) is 0 Å². The van der Waals surface area contributed by atoms with Crippen LogP contribution in [0.4, 0.5) is 0 Å². The predicted octanol–water partition coefficient (Wildman–Crippen LogP) is 2.87. The zero-order chi connectivity index (χ0) is 11.7. The van der Waals surface area contributed by atoms with Gasteiger partial charge in [0, 0.05) is 5.56 Å². The molecule has 0 unspecified atom stereocenters. The van der Waals surface area contributed by atoms with E-state index < -0.39 is 0 Å². The highest BCUT2D eigenvalue weighted by molar-refractivity contribution is 5.84. The first-order chi connectivity index (χ1) is 7.29. The maximum absolute atomic E-state index is 8.79. The molecule has 0 fully saturated rings. The number of nitrogens with zero attached hydrogens (tertiary/aromatic N) is 2. The number of benzene rings is 1. The summed E-state index contributed by atoms with van der Waals surface area (Å²) in [6.07, 6.45) is 1.55. The molecule has 15 heavy (non-hydrogen) atoms. The van der Waals surface area contributed by atoms with Gasteiger partial charge in [0.2, 0.25) is 0 Å². The Morgan fingerprint density at radius 1 is 1.40 bits per heavy atom. The molecule has 0 aromatic heterocycles. The third-order valence-electron chi connectivity index (χ3n) is 1.73. The van der Waals surface area contributed by atoms with Crippen LogP contribution < -0.4 is 0 Å². The van der Waals surface area contributed by atoms with Crippen molar-refractivity contribution >= 4 is 6.21 Å². The molecule has 0 radical (unpaired) electrons. The Balaban J connectivity index is 0.000000921. The van der Waals surface area contributed by atoms with E-state index >= 15 is 0 Å². The summed E-state index contributed by atoms with van der Waals surface area (Å²) >= 11 is 0. The lowest BCUT2D eigenvalue weighted by Gasteiger charge is -2.00. The number of hydrogen-bond donors (Lipinski definition) is 0. The van der Waals surface area contributed by atoms with Gasteiger partial charge in [0.25, 0.3) is 0 Å². The molecule has 3 heteroatoms. The normalized spacial score (nSPS) is 9.00. The highest BCUT2D eigenvalue weighted by Crippen LogP contribution is 2.10. The number of nitriles is 1. The highest BCUT2D eigenvalue weighted by Gasteiger charge is 2.01. The number of oxime groups is 1. The molecule has 1 aromatic carbocycles. The minimum Gasteiger partial charge on any atom is -0.399 e. The van der Waals surface area contributed by atoms with Crippen molar-refractivity contribution in [2.24, 2.45) is 5.16 Å². The van der Waals surface area contributed by atoms with Gasteiger partial charge >= 0.3 is 0 Å². The summed E-state index contributed by atoms with van der Waals surface area (Å²) in [6, 6.07) is 7.63. The molecule has 3 nitrogen and oxygen atoms in total. The molecule has 1 rings (SSSR count). The number of aryl methyl sites for hydroxylation is 1. The largest absolute Gasteiger partial charge is 0.399 e. The van der Waals surface area contributed by atoms with Crippen molar-refractivity contribution in [2.75, 3.05) is 7.11 Å². The smallest absolute Gasteiger partial charge is 0.106 e. The Hall–Kier alpha value is -1.82. The van der Waals surface area contributed by atoms with Crippen LogP contribution in [0.3, 0.4) is 0 Å². The maximum atomic E-state index is 8.79. The first-order valence-corrected chi connectivity index (χ1v) is 4.86. The molecule has 0 atom stereocenters. The van der Waals surface area contributed by atoms with Gasteiger partial charge in [-0.3, -0.25) is 0 Å². The standard InChI is InChI=1S/C10H10N2O.C2H6/c1-8-4-3-5-9(6-11)10(8)7-12-13-2;1-2/h3-5,7H,1-2H3;1-2H3/b12-7+;. The maximum Gasteiger partial charge on any atom is 0.106 e. The van der Waals surface area contributed by atoms with E-state index in [1.165, 1.54) is 7.11 Å². The first kappa shape index (κ1) is 13.2. The van der Waals surface area contributed by atoms with E-state index in [0.717, 1.165) is 11.1 Å². The van der Waals surface area contributed by atoms with Gasteiger partial charge in [-0.2, -0.15) is 5.26 Å². The van der Waals surface area contributed by atoms with Crippen LogP contribution in [-0.2, 0) is 4.84 Å². The average Bonchev–Trinajstić information content (AvgIpc) is 2.30. The topological polar surface area (TPSA) is 45.4 Å². The third kappa shape index (κ3) is 3.82. The Morgan fingerprint density at radius 3 is 2.60 bits per heavy atom. The Bertz CT molecular complexity index is 364. The average molecular weight is 204 g/mol. The molecule has 1 aromatic rings. The van der Waals surface area contributed by atoms with E-state index in [0.29, 0.717) is 5.56 Å². The summed E-state index contributed by atoms with van der Waals surface area (Å²) in [5.41, 5.74) is 2.44. The lowest BCUT2D eigenvalue weighted by molar-refractivity contribution is 0.215. The molecule has 0 heterocycles. The van der Waals surface area contributed by atoms with E-state index in [1.54, 1.807) is 12.3 Å². The summed E-state index contributed by atoms with van der Waals surface area (Å²) in [7, 11) is 1.47. The van der Waals surface area contributed by atoms with Gasteiger partial charge in [-0.15, -0.1) is 0 Å². The summed E-state index contributed by atoms with van der Waals surface area (Å²) in [5.74, 6) is 0. The zero-order valence-electron chi connectivity index (χ0n) is 9.61. The molecule has 0 aliphatic carbocycles. The van der Waals surface area contributed by atoms with Crippen LogP contribution in [0.1, 0.15) is 30.5 Å². The molecule has 0 aliphatic rings. The van der Waals surface area contributed by atoms with E-state index in [2.05, 4.69) is 16.1 Å². The molecule has 0 saturated heterocycles. The molecule has 80 valence electrons. The lowest BCUT2D eigenvalue weighted by Crippen LogP contribution is -1.92. The van der Waals surface area contributed by atoms with Crippen molar-refractivity contribution in [3.05, 3.63) is 34.9 Å². The predicted molar refractivity (Wildman–Crippen MR) is 61.8 cm³/mol. The van der Waals surface area contributed by atoms with Gasteiger partial charge in [0.05, 0.1) is 17.8 Å². The zero-order valence-corrected chi connectivity index (χ0v) is 9.61. The van der Waals surface area contributed by atoms with Crippen LogP contribution in [0.25, 0.3) is 0 Å². The van der Waals surface area contributed by atoms with Crippen molar-refractivity contribution in [2.45, 2.75) is 20.8 Å². The SMILES string of the molecule is CC.CO/N=C/c1c(C)cccc1C#N. The van der Waals surface area contributed by atoms with E-state index in [-0.39, 0.29) is 0 Å². The quantitative estimate of drug-likeness (QED) is 0.549. The fraction of sp³-hybridized carbons (Fsp3) is 0.333. The fourth-order valence-corrected chi connectivity index (χ4v) is 1.05. The van der Waals surface area contributed by atoms with Gasteiger partial charge in [0.1, 0.15) is 7.11 Å². The van der Waals surface area contributed by atoms with Crippen LogP contribution in [-0.4, -0.2) is 13.3 Å². The summed E-state index contributed by atoms with van der Waals surface area (Å²) < 4.78 is 0. The van der Waals surface area contributed by atoms with Crippen LogP contribution in [0, 0.1) is 18.3 Å². The molecule has 0 aliphatic heterocycles. The lowest BCUT2D eigenvalue weighted by atomic mass is 10.0. The summed E-state index contributed by atoms with van der Waals surface area (Å²) in [4.78, 5) is 4.56. The molecular formula is C12H16N2O. The van der Waals surface area contributed by atoms with Gasteiger partial charge in [-0.05, 0) is 18.6 Å². The van der Waals surface area contributed by atoms with Gasteiger partial charge in [0.15, 0.2) is 0 Å². The Morgan fingerprint density at radius 2 is 2.07 bits per heavy atom. The monoisotopic (exact) mass is 204 g/mol. The third-order valence-corrected chi connectivity index (χ3v) is 1.73. The summed E-state index contributed by atoms with van der Waals surface area (Å²) in [6.45, 7) is 5.93. The van der Waals surface area contributed by atoms with E-state index in [4.69, 9.17) is 5.26 Å². The van der Waals surface area contributed by atoms with E-state index in [1.807, 2.05) is 32.9 Å². The minimum atomic E-state index is 0.612. The van der Waals surface area contributed by atoms with Crippen LogP contribution >= 0.6 is 0 Å². The molecule has 0 saturated carbocycles. The van der Waals surface area contributed by atoms with Crippen LogP contribution in [0.5, 0.6) is 0 Å². The highest BCUT2D eigenvalue weighted by atomic mass is 16.6. The Labute approximate surface area is 91.0 Å². The molecule has 0 spiro atoms. The van der Waals surface area contributed by atoms with Crippen molar-refractivity contribution in [3.63, 3.8) is 0 Å². The van der Waals surface area contributed by atoms with E-state index in [9.17, 15) is 0 Å². The Kier molecular flexibility index (Phi) is 6.65. The second-order valence-corrected chi connectivity index (χ2v) is 2.57. The van der Waals surface area contributed by atoms with Crippen molar-refractivity contribution in [3.8, 4) is 6.07 Å². The number of hydrogen-bond acceptors (Lipinski definition) is 3. The molecule has 0 N–H and O–H groups in total. The summed E-state index contributed by atoms with van der Waals surface area (Å²) in [5, 5.41) is 12.4. The molecule has 0 amide bonds. The van der Waals surface area contributed by atoms with Gasteiger partial charge < -0.3 is 4.84 Å². The first-order valence-electron chi connectivity index (χ1n) is 4.86. The van der Waals surface area contributed by atoms with Crippen LogP contribution in [0.2, 0.25) is 0 Å². The van der Waals surface area contributed by atoms with Crippen LogP contribution in [0.15, 0.2) is 23.4 Å². The second kappa shape index (κ2) is 7.57. The number of rotatable bonds is 2. The molecular weight excluding hydrogens is 188 g/mol. The second-order valence-electron chi connectivity index (χ2n) is 2.57. The fourth-order valence-electron chi connectivity index (χ4n) is 1.05. The van der Waals surface area contributed by atoms with Crippen molar-refractivity contribution in [1.29, 1.82) is 5.26 Å². The molecule has 0 bridgehead atoms.